The highest BCUT2D eigenvalue weighted by Gasteiger charge is 2.34. The summed E-state index contributed by atoms with van der Waals surface area (Å²) in [5.41, 5.74) is 5.04. The maximum Gasteiger partial charge on any atom is 0.417 e. The van der Waals surface area contributed by atoms with Gasteiger partial charge in [-0.25, -0.2) is 0 Å². The molecule has 0 aromatic heterocycles. The van der Waals surface area contributed by atoms with Gasteiger partial charge < -0.3 is 15.4 Å². The van der Waals surface area contributed by atoms with Crippen LogP contribution in [0.2, 0.25) is 0 Å². The third-order valence-electron chi connectivity index (χ3n) is 2.89. The zero-order chi connectivity index (χ0) is 16.2. The Morgan fingerprint density at radius 2 is 2.00 bits per heavy atom. The topological polar surface area (TPSA) is 38.5 Å². The summed E-state index contributed by atoms with van der Waals surface area (Å²) in [5, 5.41) is 0. The molecule has 0 unspecified atom stereocenters. The molecule has 0 heterocycles. The Bertz CT molecular complexity index is 503. The Morgan fingerprint density at radius 3 is 2.48 bits per heavy atom. The van der Waals surface area contributed by atoms with Gasteiger partial charge in [0.2, 0.25) is 0 Å². The van der Waals surface area contributed by atoms with E-state index in [4.69, 9.17) is 22.7 Å². The van der Waals surface area contributed by atoms with Crippen LogP contribution in [0.15, 0.2) is 18.2 Å². The third kappa shape index (κ3) is 5.17. The first-order valence-electron chi connectivity index (χ1n) is 6.46. The molecule has 0 aliphatic carbocycles. The first-order valence-corrected chi connectivity index (χ1v) is 6.87. The van der Waals surface area contributed by atoms with E-state index in [1.807, 2.05) is 13.8 Å². The van der Waals surface area contributed by atoms with Crippen molar-refractivity contribution in [3.63, 3.8) is 0 Å². The molecule has 2 N–H and O–H groups in total. The van der Waals surface area contributed by atoms with E-state index in [1.165, 1.54) is 12.1 Å². The molecule has 0 radical (unpaired) electrons. The summed E-state index contributed by atoms with van der Waals surface area (Å²) in [5.74, 6) is 0. The molecular weight excluding hydrogens is 301 g/mol. The first kappa shape index (κ1) is 17.7. The molecule has 0 amide bonds. The molecule has 0 atom stereocenters. The second-order valence-corrected chi connectivity index (χ2v) is 5.37. The molecule has 3 nitrogen and oxygen atoms in total. The number of benzene rings is 1. The van der Waals surface area contributed by atoms with Gasteiger partial charge in [0.1, 0.15) is 4.99 Å². The Hall–Kier alpha value is -1.34. The van der Waals surface area contributed by atoms with Crippen LogP contribution < -0.4 is 10.6 Å². The molecule has 1 aromatic carbocycles. The average molecular weight is 320 g/mol. The molecule has 0 spiro atoms. The van der Waals surface area contributed by atoms with Crippen LogP contribution in [0.5, 0.6) is 0 Å². The smallest absolute Gasteiger partial charge is 0.389 e. The number of halogens is 3. The van der Waals surface area contributed by atoms with Gasteiger partial charge in [-0.05, 0) is 32.0 Å². The fourth-order valence-corrected chi connectivity index (χ4v) is 1.94. The SMILES string of the molecule is CC(C)OCCN(C)c1ccc(C(F)(F)F)c(C(N)=S)c1. The minimum absolute atomic E-state index is 0.109. The molecule has 0 saturated heterocycles. The monoisotopic (exact) mass is 320 g/mol. The zero-order valence-electron chi connectivity index (χ0n) is 12.2. The van der Waals surface area contributed by atoms with Crippen molar-refractivity contribution in [3.05, 3.63) is 29.3 Å². The van der Waals surface area contributed by atoms with E-state index in [0.717, 1.165) is 6.07 Å². The van der Waals surface area contributed by atoms with Gasteiger partial charge in [0.25, 0.3) is 0 Å². The van der Waals surface area contributed by atoms with Gasteiger partial charge in [0, 0.05) is 24.8 Å². The molecule has 118 valence electrons. The van der Waals surface area contributed by atoms with E-state index in [1.54, 1.807) is 11.9 Å². The highest BCUT2D eigenvalue weighted by Crippen LogP contribution is 2.33. The van der Waals surface area contributed by atoms with Crippen LogP contribution in [-0.4, -0.2) is 31.3 Å². The third-order valence-corrected chi connectivity index (χ3v) is 3.11. The summed E-state index contributed by atoms with van der Waals surface area (Å²) in [7, 11) is 1.77. The predicted molar refractivity (Wildman–Crippen MR) is 81.7 cm³/mol. The molecule has 7 heteroatoms. The lowest BCUT2D eigenvalue weighted by atomic mass is 10.1. The van der Waals surface area contributed by atoms with Crippen LogP contribution in [-0.2, 0) is 10.9 Å². The minimum Gasteiger partial charge on any atom is -0.389 e. The van der Waals surface area contributed by atoms with Crippen LogP contribution >= 0.6 is 12.2 Å². The number of alkyl halides is 3. The van der Waals surface area contributed by atoms with Gasteiger partial charge in [-0.2, -0.15) is 13.2 Å². The summed E-state index contributed by atoms with van der Waals surface area (Å²) in [4.78, 5) is 1.53. The average Bonchev–Trinajstić information content (AvgIpc) is 2.36. The van der Waals surface area contributed by atoms with Gasteiger partial charge in [-0.15, -0.1) is 0 Å². The van der Waals surface area contributed by atoms with E-state index in [0.29, 0.717) is 18.8 Å². The number of anilines is 1. The molecule has 21 heavy (non-hydrogen) atoms. The van der Waals surface area contributed by atoms with Crippen molar-refractivity contribution in [2.24, 2.45) is 5.73 Å². The number of hydrogen-bond acceptors (Lipinski definition) is 3. The van der Waals surface area contributed by atoms with Crippen LogP contribution in [0.4, 0.5) is 18.9 Å². The lowest BCUT2D eigenvalue weighted by Gasteiger charge is -2.22. The standard InChI is InChI=1S/C14H19F3N2OS/c1-9(2)20-7-6-19(3)10-4-5-12(14(15,16)17)11(8-10)13(18)21/h4-5,8-9H,6-7H2,1-3H3,(H2,18,21). The second-order valence-electron chi connectivity index (χ2n) is 4.93. The Kier molecular flexibility index (Phi) is 5.98. The molecule has 0 aliphatic heterocycles. The minimum atomic E-state index is -4.48. The largest absolute Gasteiger partial charge is 0.417 e. The van der Waals surface area contributed by atoms with Crippen LogP contribution in [0.3, 0.4) is 0 Å². The van der Waals surface area contributed by atoms with E-state index < -0.39 is 11.7 Å². The van der Waals surface area contributed by atoms with Crippen molar-refractivity contribution in [1.29, 1.82) is 0 Å². The molecule has 1 rings (SSSR count). The van der Waals surface area contributed by atoms with Crippen LogP contribution in [0, 0.1) is 0 Å². The quantitative estimate of drug-likeness (QED) is 0.817. The highest BCUT2D eigenvalue weighted by atomic mass is 32.1. The normalized spacial score (nSPS) is 11.8. The fraction of sp³-hybridized carbons (Fsp3) is 0.500. The van der Waals surface area contributed by atoms with E-state index in [-0.39, 0.29) is 16.7 Å². The molecule has 0 aliphatic rings. The molecule has 0 fully saturated rings. The number of nitrogens with two attached hydrogens (primary N) is 1. The van der Waals surface area contributed by atoms with Crippen molar-refractivity contribution in [3.8, 4) is 0 Å². The molecule has 1 aromatic rings. The molecule has 0 bridgehead atoms. The summed E-state index contributed by atoms with van der Waals surface area (Å²) in [6, 6.07) is 3.77. The van der Waals surface area contributed by atoms with E-state index in [9.17, 15) is 13.2 Å². The molecular formula is C14H19F3N2OS. The Morgan fingerprint density at radius 1 is 1.38 bits per heavy atom. The number of likely N-dealkylation sites (N-methyl/N-ethyl adjacent to an activating group) is 1. The summed E-state index contributed by atoms with van der Waals surface area (Å²) in [6.07, 6.45) is -4.37. The lowest BCUT2D eigenvalue weighted by Crippen LogP contribution is -2.25. The highest BCUT2D eigenvalue weighted by molar-refractivity contribution is 7.80. The predicted octanol–water partition coefficient (Wildman–Crippen LogP) is 3.20. The number of nitrogens with zero attached hydrogens (tertiary/aromatic N) is 1. The van der Waals surface area contributed by atoms with Crippen molar-refractivity contribution >= 4 is 22.9 Å². The first-order chi connectivity index (χ1) is 9.62. The zero-order valence-corrected chi connectivity index (χ0v) is 13.0. The van der Waals surface area contributed by atoms with Crippen LogP contribution in [0.1, 0.15) is 25.0 Å². The van der Waals surface area contributed by atoms with Crippen molar-refractivity contribution in [2.75, 3.05) is 25.1 Å². The van der Waals surface area contributed by atoms with Crippen molar-refractivity contribution in [1.82, 2.24) is 0 Å². The van der Waals surface area contributed by atoms with Gasteiger partial charge in [0.15, 0.2) is 0 Å². The van der Waals surface area contributed by atoms with E-state index >= 15 is 0 Å². The van der Waals surface area contributed by atoms with Gasteiger partial charge in [-0.1, -0.05) is 12.2 Å². The molecule has 0 saturated carbocycles. The number of hydrogen-bond donors (Lipinski definition) is 1. The summed E-state index contributed by atoms with van der Waals surface area (Å²) >= 11 is 4.72. The number of thiocarbonyl (C=S) groups is 1. The number of rotatable bonds is 6. The summed E-state index contributed by atoms with van der Waals surface area (Å²) in [6.45, 7) is 4.88. The van der Waals surface area contributed by atoms with Gasteiger partial charge in [0.05, 0.1) is 18.3 Å². The summed E-state index contributed by atoms with van der Waals surface area (Å²) < 4.78 is 44.1. The maximum absolute atomic E-state index is 12.9. The lowest BCUT2D eigenvalue weighted by molar-refractivity contribution is -0.137. The van der Waals surface area contributed by atoms with E-state index in [2.05, 4.69) is 0 Å². The second kappa shape index (κ2) is 7.09. The Labute approximate surface area is 127 Å². The van der Waals surface area contributed by atoms with Crippen LogP contribution in [0.25, 0.3) is 0 Å². The van der Waals surface area contributed by atoms with Gasteiger partial charge >= 0.3 is 6.18 Å². The maximum atomic E-state index is 12.9. The fourth-order valence-electron chi connectivity index (χ4n) is 1.78. The van der Waals surface area contributed by atoms with Gasteiger partial charge in [-0.3, -0.25) is 0 Å². The van der Waals surface area contributed by atoms with Crippen molar-refractivity contribution < 1.29 is 17.9 Å². The Balaban J connectivity index is 2.95. The number of ether oxygens (including phenoxy) is 1. The van der Waals surface area contributed by atoms with Crippen molar-refractivity contribution in [2.45, 2.75) is 26.1 Å².